The average Bonchev–Trinajstić information content (AvgIpc) is 2.67. The number of likely N-dealkylation sites (N-methyl/N-ethyl adjacent to an activating group) is 1. The zero-order valence-corrected chi connectivity index (χ0v) is 10.7. The lowest BCUT2D eigenvalue weighted by Gasteiger charge is -2.36. The molecule has 1 saturated carbocycles. The van der Waals surface area contributed by atoms with E-state index in [4.69, 9.17) is 4.99 Å². The molecule has 0 unspecified atom stereocenters. The Morgan fingerprint density at radius 3 is 2.44 bits per heavy atom. The molecule has 1 aromatic carbocycles. The first kappa shape index (κ1) is 11.5. The van der Waals surface area contributed by atoms with Crippen molar-refractivity contribution in [1.29, 1.82) is 0 Å². The van der Waals surface area contributed by atoms with Crippen LogP contribution in [0, 0.1) is 0 Å². The van der Waals surface area contributed by atoms with Gasteiger partial charge in [0.25, 0.3) is 5.91 Å². The first-order valence-corrected chi connectivity index (χ1v) is 6.66. The fourth-order valence-corrected chi connectivity index (χ4v) is 3.03. The summed E-state index contributed by atoms with van der Waals surface area (Å²) in [5, 5.41) is 0. The van der Waals surface area contributed by atoms with Crippen LogP contribution in [0.5, 0.6) is 0 Å². The number of amides is 1. The Balaban J connectivity index is 2.00. The quantitative estimate of drug-likeness (QED) is 0.745. The van der Waals surface area contributed by atoms with Crippen molar-refractivity contribution in [2.75, 3.05) is 7.05 Å². The van der Waals surface area contributed by atoms with Crippen molar-refractivity contribution in [3.63, 3.8) is 0 Å². The largest absolute Gasteiger partial charge is 0.316 e. The SMILES string of the molecule is CN1C(=O)C(c2ccccc2)=NC12CCCCC2. The minimum Gasteiger partial charge on any atom is -0.316 e. The molecule has 0 aromatic heterocycles. The van der Waals surface area contributed by atoms with Crippen molar-refractivity contribution in [3.05, 3.63) is 35.9 Å². The van der Waals surface area contributed by atoms with Gasteiger partial charge in [-0.25, -0.2) is 0 Å². The predicted molar refractivity (Wildman–Crippen MR) is 71.6 cm³/mol. The highest BCUT2D eigenvalue weighted by molar-refractivity contribution is 6.46. The maximum Gasteiger partial charge on any atom is 0.274 e. The van der Waals surface area contributed by atoms with Crippen LogP contribution >= 0.6 is 0 Å². The number of carbonyl (C=O) groups is 1. The topological polar surface area (TPSA) is 32.7 Å². The minimum absolute atomic E-state index is 0.0723. The molecule has 3 rings (SSSR count). The van der Waals surface area contributed by atoms with Crippen LogP contribution < -0.4 is 0 Å². The van der Waals surface area contributed by atoms with Gasteiger partial charge in [0, 0.05) is 12.6 Å². The number of benzene rings is 1. The zero-order chi connectivity index (χ0) is 12.6. The summed E-state index contributed by atoms with van der Waals surface area (Å²) in [6, 6.07) is 9.80. The fourth-order valence-electron chi connectivity index (χ4n) is 3.03. The van der Waals surface area contributed by atoms with Crippen molar-refractivity contribution >= 4 is 11.6 Å². The van der Waals surface area contributed by atoms with Crippen molar-refractivity contribution in [2.24, 2.45) is 4.99 Å². The molecule has 3 nitrogen and oxygen atoms in total. The molecule has 1 spiro atoms. The Morgan fingerprint density at radius 2 is 1.78 bits per heavy atom. The van der Waals surface area contributed by atoms with E-state index in [-0.39, 0.29) is 11.6 Å². The van der Waals surface area contributed by atoms with Gasteiger partial charge in [0.15, 0.2) is 0 Å². The van der Waals surface area contributed by atoms with E-state index < -0.39 is 0 Å². The van der Waals surface area contributed by atoms with Crippen molar-refractivity contribution in [1.82, 2.24) is 4.90 Å². The van der Waals surface area contributed by atoms with Gasteiger partial charge in [-0.05, 0) is 25.7 Å². The van der Waals surface area contributed by atoms with Crippen LogP contribution in [-0.2, 0) is 4.79 Å². The molecular formula is C15H18N2O. The van der Waals surface area contributed by atoms with Crippen LogP contribution in [0.1, 0.15) is 37.7 Å². The molecule has 3 heteroatoms. The first-order chi connectivity index (χ1) is 8.73. The summed E-state index contributed by atoms with van der Waals surface area (Å²) in [6.45, 7) is 0. The second-order valence-corrected chi connectivity index (χ2v) is 5.23. The van der Waals surface area contributed by atoms with Gasteiger partial charge in [0.2, 0.25) is 0 Å². The molecule has 1 aliphatic heterocycles. The summed E-state index contributed by atoms with van der Waals surface area (Å²) in [4.78, 5) is 19.0. The standard InChI is InChI=1S/C15H18N2O/c1-17-14(18)13(12-8-4-2-5-9-12)16-15(17)10-6-3-7-11-15/h2,4-5,8-9H,3,6-7,10-11H2,1H3. The van der Waals surface area contributed by atoms with Crippen molar-refractivity contribution in [2.45, 2.75) is 37.8 Å². The average molecular weight is 242 g/mol. The maximum atomic E-state index is 12.4. The Labute approximate surface area is 108 Å². The van der Waals surface area contributed by atoms with Crippen LogP contribution in [-0.4, -0.2) is 29.2 Å². The highest BCUT2D eigenvalue weighted by atomic mass is 16.2. The Bertz CT molecular complexity index is 486. The third kappa shape index (κ3) is 1.65. The van der Waals surface area contributed by atoms with Crippen LogP contribution in [0.15, 0.2) is 35.3 Å². The monoisotopic (exact) mass is 242 g/mol. The van der Waals surface area contributed by atoms with Crippen molar-refractivity contribution in [3.8, 4) is 0 Å². The second kappa shape index (κ2) is 4.23. The molecule has 0 N–H and O–H groups in total. The minimum atomic E-state index is -0.249. The van der Waals surface area contributed by atoms with Gasteiger partial charge in [0.05, 0.1) is 0 Å². The number of rotatable bonds is 1. The summed E-state index contributed by atoms with van der Waals surface area (Å²) in [7, 11) is 1.90. The lowest BCUT2D eigenvalue weighted by molar-refractivity contribution is -0.126. The van der Waals surface area contributed by atoms with E-state index in [1.165, 1.54) is 19.3 Å². The number of nitrogens with zero attached hydrogens (tertiary/aromatic N) is 2. The highest BCUT2D eigenvalue weighted by Crippen LogP contribution is 2.38. The van der Waals surface area contributed by atoms with Gasteiger partial charge in [-0.1, -0.05) is 36.8 Å². The third-order valence-electron chi connectivity index (χ3n) is 4.15. The summed E-state index contributed by atoms with van der Waals surface area (Å²) in [6.07, 6.45) is 5.61. The third-order valence-corrected chi connectivity index (χ3v) is 4.15. The predicted octanol–water partition coefficient (Wildman–Crippen LogP) is 2.61. The molecule has 1 aromatic rings. The molecule has 0 atom stereocenters. The van der Waals surface area contributed by atoms with Crippen LogP contribution in [0.25, 0.3) is 0 Å². The molecule has 2 aliphatic rings. The Hall–Kier alpha value is -1.64. The molecular weight excluding hydrogens is 224 g/mol. The van der Waals surface area contributed by atoms with Crippen molar-refractivity contribution < 1.29 is 4.79 Å². The molecule has 18 heavy (non-hydrogen) atoms. The number of aliphatic imine (C=N–C) groups is 1. The molecule has 1 fully saturated rings. The number of hydrogen-bond donors (Lipinski definition) is 0. The fraction of sp³-hybridized carbons (Fsp3) is 0.467. The van der Waals surface area contributed by atoms with Gasteiger partial charge >= 0.3 is 0 Å². The van der Waals surface area contributed by atoms with Gasteiger partial charge in [-0.2, -0.15) is 0 Å². The van der Waals surface area contributed by atoms with Crippen LogP contribution in [0.3, 0.4) is 0 Å². The normalized spacial score (nSPS) is 22.4. The highest BCUT2D eigenvalue weighted by Gasteiger charge is 2.45. The molecule has 0 saturated heterocycles. The lowest BCUT2D eigenvalue weighted by Crippen LogP contribution is -2.45. The van der Waals surface area contributed by atoms with Gasteiger partial charge in [0.1, 0.15) is 11.4 Å². The second-order valence-electron chi connectivity index (χ2n) is 5.23. The molecule has 1 heterocycles. The van der Waals surface area contributed by atoms with Crippen LogP contribution in [0.4, 0.5) is 0 Å². The summed E-state index contributed by atoms with van der Waals surface area (Å²) >= 11 is 0. The van der Waals surface area contributed by atoms with E-state index in [0.29, 0.717) is 5.71 Å². The zero-order valence-electron chi connectivity index (χ0n) is 10.7. The summed E-state index contributed by atoms with van der Waals surface area (Å²) in [5.41, 5.74) is 1.33. The first-order valence-electron chi connectivity index (χ1n) is 6.66. The van der Waals surface area contributed by atoms with Gasteiger partial charge in [-0.3, -0.25) is 9.79 Å². The van der Waals surface area contributed by atoms with Crippen LogP contribution in [0.2, 0.25) is 0 Å². The smallest absolute Gasteiger partial charge is 0.274 e. The molecule has 94 valence electrons. The van der Waals surface area contributed by atoms with E-state index in [1.807, 2.05) is 42.3 Å². The van der Waals surface area contributed by atoms with E-state index in [1.54, 1.807) is 0 Å². The summed E-state index contributed by atoms with van der Waals surface area (Å²) in [5.74, 6) is 0.0723. The maximum absolute atomic E-state index is 12.4. The Kier molecular flexibility index (Phi) is 2.69. The Morgan fingerprint density at radius 1 is 1.11 bits per heavy atom. The number of hydrogen-bond acceptors (Lipinski definition) is 2. The lowest BCUT2D eigenvalue weighted by atomic mass is 9.89. The summed E-state index contributed by atoms with van der Waals surface area (Å²) < 4.78 is 0. The van der Waals surface area contributed by atoms with E-state index in [2.05, 4.69) is 0 Å². The number of carbonyl (C=O) groups excluding carboxylic acids is 1. The van der Waals surface area contributed by atoms with Gasteiger partial charge < -0.3 is 4.90 Å². The van der Waals surface area contributed by atoms with E-state index in [9.17, 15) is 4.79 Å². The molecule has 0 radical (unpaired) electrons. The van der Waals surface area contributed by atoms with E-state index in [0.717, 1.165) is 18.4 Å². The molecule has 1 aliphatic carbocycles. The van der Waals surface area contributed by atoms with E-state index >= 15 is 0 Å². The molecule has 0 bridgehead atoms. The molecule has 1 amide bonds. The van der Waals surface area contributed by atoms with Gasteiger partial charge in [-0.15, -0.1) is 0 Å².